The number of rotatable bonds is 2. The molecular weight excluding hydrogens is 153 g/mol. The maximum Gasteiger partial charge on any atom is 0.458 e. The van der Waals surface area contributed by atoms with Gasteiger partial charge < -0.3 is 0 Å². The smallest absolute Gasteiger partial charge is 0.294 e. The van der Waals surface area contributed by atoms with E-state index >= 15 is 0 Å². The minimum atomic E-state index is -5.24. The SMILES string of the molecule is O=CC(=O)C(=O)C(F)(F)F. The van der Waals surface area contributed by atoms with E-state index < -0.39 is 24.0 Å². The topological polar surface area (TPSA) is 51.2 Å². The Morgan fingerprint density at radius 2 is 1.60 bits per heavy atom. The van der Waals surface area contributed by atoms with Crippen LogP contribution in [-0.2, 0) is 14.4 Å². The van der Waals surface area contributed by atoms with Crippen molar-refractivity contribution in [1.82, 2.24) is 0 Å². The van der Waals surface area contributed by atoms with E-state index in [2.05, 4.69) is 0 Å². The third kappa shape index (κ3) is 1.96. The van der Waals surface area contributed by atoms with E-state index in [1.54, 1.807) is 0 Å². The molecule has 56 valence electrons. The van der Waals surface area contributed by atoms with Crippen LogP contribution in [0.25, 0.3) is 0 Å². The van der Waals surface area contributed by atoms with Crippen molar-refractivity contribution < 1.29 is 27.6 Å². The monoisotopic (exact) mass is 154 g/mol. The summed E-state index contributed by atoms with van der Waals surface area (Å²) in [6.45, 7) is 0. The molecule has 6 heteroatoms. The molecule has 0 saturated heterocycles. The molecule has 0 rings (SSSR count). The van der Waals surface area contributed by atoms with Crippen molar-refractivity contribution in [1.29, 1.82) is 0 Å². The van der Waals surface area contributed by atoms with Gasteiger partial charge in [-0.25, -0.2) is 0 Å². The molecule has 10 heavy (non-hydrogen) atoms. The molecule has 0 fully saturated rings. The number of carbonyl (C=O) groups excluding carboxylic acids is 3. The van der Waals surface area contributed by atoms with Gasteiger partial charge in [-0.05, 0) is 0 Å². The summed E-state index contributed by atoms with van der Waals surface area (Å²) in [6, 6.07) is 0. The molecule has 0 heterocycles. The maximum atomic E-state index is 11.2. The molecule has 0 bridgehead atoms. The van der Waals surface area contributed by atoms with E-state index in [0.29, 0.717) is 0 Å². The summed E-state index contributed by atoms with van der Waals surface area (Å²) < 4.78 is 33.5. The van der Waals surface area contributed by atoms with Gasteiger partial charge in [0.15, 0.2) is 6.29 Å². The highest BCUT2D eigenvalue weighted by atomic mass is 19.4. The molecule has 0 aromatic carbocycles. The molecule has 0 amide bonds. The number of aldehydes is 1. The third-order valence-electron chi connectivity index (χ3n) is 0.588. The molecule has 0 aromatic rings. The average Bonchev–Trinajstić information content (AvgIpc) is 1.83. The minimum absolute atomic E-state index is 0.671. The number of hydrogen-bond donors (Lipinski definition) is 0. The lowest BCUT2D eigenvalue weighted by Crippen LogP contribution is -2.31. The first-order valence-electron chi connectivity index (χ1n) is 2.00. The first-order chi connectivity index (χ1) is 4.39. The number of hydrogen-bond acceptors (Lipinski definition) is 3. The van der Waals surface area contributed by atoms with Gasteiger partial charge in [-0.15, -0.1) is 0 Å². The largest absolute Gasteiger partial charge is 0.458 e. The summed E-state index contributed by atoms with van der Waals surface area (Å²) in [4.78, 5) is 28.7. The highest BCUT2D eigenvalue weighted by molar-refractivity contribution is 6.59. The van der Waals surface area contributed by atoms with Crippen LogP contribution < -0.4 is 0 Å². The van der Waals surface area contributed by atoms with Crippen molar-refractivity contribution in [2.24, 2.45) is 0 Å². The van der Waals surface area contributed by atoms with E-state index in [9.17, 15) is 27.6 Å². The van der Waals surface area contributed by atoms with Crippen molar-refractivity contribution in [3.63, 3.8) is 0 Å². The molecule has 0 N–H and O–H groups in total. The van der Waals surface area contributed by atoms with E-state index in [0.717, 1.165) is 0 Å². The van der Waals surface area contributed by atoms with E-state index in [4.69, 9.17) is 0 Å². The fourth-order valence-corrected chi connectivity index (χ4v) is 0.193. The highest BCUT2D eigenvalue weighted by Crippen LogP contribution is 2.15. The van der Waals surface area contributed by atoms with Gasteiger partial charge in [-0.2, -0.15) is 13.2 Å². The molecule has 0 aromatic heterocycles. The van der Waals surface area contributed by atoms with Gasteiger partial charge in [0.2, 0.25) is 0 Å². The van der Waals surface area contributed by atoms with Crippen LogP contribution in [0.1, 0.15) is 0 Å². The van der Waals surface area contributed by atoms with Crippen molar-refractivity contribution in [3.05, 3.63) is 0 Å². The lowest BCUT2D eigenvalue weighted by atomic mass is 10.3. The second-order valence-corrected chi connectivity index (χ2v) is 1.31. The molecule has 0 saturated carbocycles. The van der Waals surface area contributed by atoms with Gasteiger partial charge in [0.25, 0.3) is 5.78 Å². The molecule has 0 aliphatic rings. The molecule has 3 nitrogen and oxygen atoms in total. The van der Waals surface area contributed by atoms with Crippen molar-refractivity contribution in [2.45, 2.75) is 6.18 Å². The first kappa shape index (κ1) is 8.80. The molecule has 0 radical (unpaired) electrons. The maximum absolute atomic E-state index is 11.2. The van der Waals surface area contributed by atoms with Gasteiger partial charge in [0.05, 0.1) is 0 Å². The second-order valence-electron chi connectivity index (χ2n) is 1.31. The van der Waals surface area contributed by atoms with Crippen molar-refractivity contribution >= 4 is 17.9 Å². The van der Waals surface area contributed by atoms with Gasteiger partial charge >= 0.3 is 12.0 Å². The Morgan fingerprint density at radius 3 is 1.70 bits per heavy atom. The highest BCUT2D eigenvalue weighted by Gasteiger charge is 2.42. The lowest BCUT2D eigenvalue weighted by Gasteiger charge is -1.97. The zero-order valence-electron chi connectivity index (χ0n) is 4.44. The molecule has 0 aliphatic carbocycles. The summed E-state index contributed by atoms with van der Waals surface area (Å²) in [5.41, 5.74) is 0. The zero-order chi connectivity index (χ0) is 8.36. The predicted molar refractivity (Wildman–Crippen MR) is 22.1 cm³/mol. The fraction of sp³-hybridized carbons (Fsp3) is 0.250. The summed E-state index contributed by atoms with van der Waals surface area (Å²) >= 11 is 0. The summed E-state index contributed by atoms with van der Waals surface area (Å²) in [7, 11) is 0. The van der Waals surface area contributed by atoms with Gasteiger partial charge in [0, 0.05) is 0 Å². The third-order valence-corrected chi connectivity index (χ3v) is 0.588. The van der Waals surface area contributed by atoms with Crippen LogP contribution in [0.2, 0.25) is 0 Å². The summed E-state index contributed by atoms with van der Waals surface area (Å²) in [5, 5.41) is 0. The average molecular weight is 154 g/mol. The Morgan fingerprint density at radius 1 is 1.20 bits per heavy atom. The van der Waals surface area contributed by atoms with Gasteiger partial charge in [0.1, 0.15) is 0 Å². The fourth-order valence-electron chi connectivity index (χ4n) is 0.193. The molecule has 0 spiro atoms. The Bertz CT molecular complexity index is 181. The summed E-state index contributed by atoms with van der Waals surface area (Å²) in [5.74, 6) is -4.71. The number of halogens is 3. The van der Waals surface area contributed by atoms with Crippen LogP contribution in [0.5, 0.6) is 0 Å². The van der Waals surface area contributed by atoms with E-state index in [1.165, 1.54) is 0 Å². The van der Waals surface area contributed by atoms with Crippen LogP contribution in [0.3, 0.4) is 0 Å². The Kier molecular flexibility index (Phi) is 2.28. The Balaban J connectivity index is 4.38. The summed E-state index contributed by atoms with van der Waals surface area (Å²) in [6.07, 6.45) is -5.91. The molecule has 0 unspecified atom stereocenters. The normalized spacial score (nSPS) is 10.7. The number of carbonyl (C=O) groups is 3. The molecular formula is C4HF3O3. The molecule has 0 atom stereocenters. The van der Waals surface area contributed by atoms with Crippen LogP contribution in [0.4, 0.5) is 13.2 Å². The van der Waals surface area contributed by atoms with Crippen LogP contribution >= 0.6 is 0 Å². The van der Waals surface area contributed by atoms with Crippen LogP contribution in [-0.4, -0.2) is 24.0 Å². The van der Waals surface area contributed by atoms with Gasteiger partial charge in [-0.3, -0.25) is 14.4 Å². The van der Waals surface area contributed by atoms with Gasteiger partial charge in [-0.1, -0.05) is 0 Å². The first-order valence-corrected chi connectivity index (χ1v) is 2.00. The Labute approximate surface area is 52.8 Å². The van der Waals surface area contributed by atoms with Crippen LogP contribution in [0.15, 0.2) is 0 Å². The Hall–Kier alpha value is -1.20. The van der Waals surface area contributed by atoms with E-state index in [1.807, 2.05) is 0 Å². The number of alkyl halides is 3. The predicted octanol–water partition coefficient (Wildman–Crippen LogP) is -0.114. The van der Waals surface area contributed by atoms with Crippen molar-refractivity contribution in [3.8, 4) is 0 Å². The van der Waals surface area contributed by atoms with Crippen molar-refractivity contribution in [2.75, 3.05) is 0 Å². The lowest BCUT2D eigenvalue weighted by molar-refractivity contribution is -0.174. The number of Topliss-reactive ketones (excluding diaryl/α,β-unsaturated/α-hetero) is 2. The molecule has 0 aliphatic heterocycles. The quantitative estimate of drug-likeness (QED) is 0.316. The minimum Gasteiger partial charge on any atom is -0.294 e. The zero-order valence-corrected chi connectivity index (χ0v) is 4.44. The van der Waals surface area contributed by atoms with Crippen LogP contribution in [0, 0.1) is 0 Å². The standard InChI is InChI=1S/C4HF3O3/c5-4(6,7)3(10)2(9)1-8/h1H. The number of ketones is 2. The second kappa shape index (κ2) is 2.59. The van der Waals surface area contributed by atoms with E-state index in [-0.39, 0.29) is 0 Å².